The van der Waals surface area contributed by atoms with Crippen LogP contribution < -0.4 is 4.74 Å². The molecular weight excluding hydrogens is 641 g/mol. The molecule has 1 aliphatic rings. The zero-order valence-electron chi connectivity index (χ0n) is 17.4. The van der Waals surface area contributed by atoms with E-state index in [4.69, 9.17) is 32.7 Å². The van der Waals surface area contributed by atoms with Crippen molar-refractivity contribution in [3.8, 4) is 5.75 Å². The van der Waals surface area contributed by atoms with Crippen LogP contribution in [0.5, 0.6) is 5.75 Å². The van der Waals surface area contributed by atoms with Gasteiger partial charge in [0.15, 0.2) is 5.70 Å². The highest BCUT2D eigenvalue weighted by molar-refractivity contribution is 9.10. The Hall–Kier alpha value is -2.49. The van der Waals surface area contributed by atoms with Crippen LogP contribution in [0.2, 0.25) is 10.0 Å². The number of halogens is 4. The summed E-state index contributed by atoms with van der Waals surface area (Å²) in [6.07, 6.45) is 1.50. The Morgan fingerprint density at radius 3 is 2.49 bits per heavy atom. The first-order chi connectivity index (χ1) is 16.8. The van der Waals surface area contributed by atoms with E-state index in [1.54, 1.807) is 42.5 Å². The minimum atomic E-state index is -0.635. The first-order valence-corrected chi connectivity index (χ1v) is 13.1. The molecule has 0 amide bonds. The van der Waals surface area contributed by atoms with E-state index in [9.17, 15) is 9.59 Å². The molecule has 0 unspecified atom stereocenters. The lowest BCUT2D eigenvalue weighted by molar-refractivity contribution is -0.129. The molecule has 0 saturated carbocycles. The van der Waals surface area contributed by atoms with Crippen LogP contribution in [0.25, 0.3) is 16.2 Å². The van der Waals surface area contributed by atoms with Crippen molar-refractivity contribution in [2.75, 3.05) is 0 Å². The van der Waals surface area contributed by atoms with Crippen molar-refractivity contribution in [1.82, 2.24) is 0 Å². The molecule has 3 aromatic carbocycles. The van der Waals surface area contributed by atoms with E-state index < -0.39 is 11.9 Å². The number of rotatable bonds is 4. The van der Waals surface area contributed by atoms with E-state index in [-0.39, 0.29) is 17.3 Å². The number of carbonyl (C=O) groups excluding carboxylic acids is 2. The SMILES string of the molecule is O=C1OC(c2sc3cc(Br)ccc3c2Cl)=N/C1=C/c1cc(Br)ccc1OC(=O)c1ccc(Cl)cc1. The Bertz CT molecular complexity index is 1580. The van der Waals surface area contributed by atoms with E-state index in [1.165, 1.54) is 17.4 Å². The average Bonchev–Trinajstić information content (AvgIpc) is 3.34. The summed E-state index contributed by atoms with van der Waals surface area (Å²) in [5, 5.41) is 1.81. The Kier molecular flexibility index (Phi) is 6.83. The van der Waals surface area contributed by atoms with Crippen molar-refractivity contribution >= 4 is 100 Å². The number of hydrogen-bond donors (Lipinski definition) is 0. The summed E-state index contributed by atoms with van der Waals surface area (Å²) < 4.78 is 13.6. The van der Waals surface area contributed by atoms with Gasteiger partial charge in [0, 0.05) is 29.6 Å². The van der Waals surface area contributed by atoms with Gasteiger partial charge in [-0.25, -0.2) is 14.6 Å². The fourth-order valence-corrected chi connectivity index (χ4v) is 5.79. The Labute approximate surface area is 230 Å². The van der Waals surface area contributed by atoms with Gasteiger partial charge in [0.25, 0.3) is 0 Å². The number of carbonyl (C=O) groups is 2. The molecular formula is C25H11Br2Cl2NO4S. The van der Waals surface area contributed by atoms with E-state index in [1.807, 2.05) is 18.2 Å². The summed E-state index contributed by atoms with van der Waals surface area (Å²) in [4.78, 5) is 30.2. The molecule has 5 nitrogen and oxygen atoms in total. The highest BCUT2D eigenvalue weighted by Gasteiger charge is 2.28. The van der Waals surface area contributed by atoms with Crippen molar-refractivity contribution in [1.29, 1.82) is 0 Å². The van der Waals surface area contributed by atoms with Gasteiger partial charge in [0.2, 0.25) is 5.90 Å². The topological polar surface area (TPSA) is 65.0 Å². The van der Waals surface area contributed by atoms with E-state index in [2.05, 4.69) is 36.9 Å². The fraction of sp³-hybridized carbons (Fsp3) is 0. The summed E-state index contributed by atoms with van der Waals surface area (Å²) in [6, 6.07) is 17.1. The molecule has 10 heteroatoms. The highest BCUT2D eigenvalue weighted by Crippen LogP contribution is 2.39. The smallest absolute Gasteiger partial charge is 0.363 e. The van der Waals surface area contributed by atoms with Crippen LogP contribution in [0.4, 0.5) is 0 Å². The molecule has 174 valence electrons. The van der Waals surface area contributed by atoms with E-state index in [0.29, 0.717) is 26.0 Å². The van der Waals surface area contributed by atoms with Crippen LogP contribution in [0, 0.1) is 0 Å². The monoisotopic (exact) mass is 649 g/mol. The number of fused-ring (bicyclic) bond motifs is 1. The second-order valence-corrected chi connectivity index (χ2v) is 11.0. The van der Waals surface area contributed by atoms with Crippen LogP contribution in [0.3, 0.4) is 0 Å². The lowest BCUT2D eigenvalue weighted by atomic mass is 10.1. The van der Waals surface area contributed by atoms with Crippen molar-refractivity contribution < 1.29 is 19.1 Å². The van der Waals surface area contributed by atoms with E-state index in [0.717, 1.165) is 19.0 Å². The number of cyclic esters (lactones) is 1. The minimum absolute atomic E-state index is 0.0524. The molecule has 0 radical (unpaired) electrons. The number of ether oxygens (including phenoxy) is 2. The Morgan fingerprint density at radius 1 is 1.00 bits per heavy atom. The molecule has 0 saturated heterocycles. The third-order valence-corrected chi connectivity index (χ3v) is 7.84. The predicted octanol–water partition coefficient (Wildman–Crippen LogP) is 8.30. The lowest BCUT2D eigenvalue weighted by Crippen LogP contribution is -2.09. The molecule has 0 spiro atoms. The van der Waals surface area contributed by atoms with Crippen molar-refractivity contribution in [2.45, 2.75) is 0 Å². The highest BCUT2D eigenvalue weighted by atomic mass is 79.9. The third-order valence-electron chi connectivity index (χ3n) is 4.95. The second kappa shape index (κ2) is 9.87. The van der Waals surface area contributed by atoms with Crippen molar-refractivity contribution in [3.05, 3.63) is 101 Å². The standard InChI is InChI=1S/C25H11Br2Cl2NO4S/c26-14-4-8-19(33-24(31)12-1-5-16(28)6-2-12)13(9-14)10-18-25(32)34-23(30-18)22-21(29)17-7-3-15(27)11-20(17)35-22/h1-11H/b18-10+. The van der Waals surface area contributed by atoms with Crippen LogP contribution in [0.1, 0.15) is 20.8 Å². The van der Waals surface area contributed by atoms with Gasteiger partial charge in [-0.3, -0.25) is 0 Å². The normalized spacial score (nSPS) is 14.3. The molecule has 1 aliphatic heterocycles. The van der Waals surface area contributed by atoms with Crippen LogP contribution >= 0.6 is 66.4 Å². The van der Waals surface area contributed by atoms with Crippen molar-refractivity contribution in [3.63, 3.8) is 0 Å². The van der Waals surface area contributed by atoms with Gasteiger partial charge < -0.3 is 9.47 Å². The van der Waals surface area contributed by atoms with Gasteiger partial charge in [-0.1, -0.05) is 61.1 Å². The van der Waals surface area contributed by atoms with E-state index >= 15 is 0 Å². The fourth-order valence-electron chi connectivity index (χ4n) is 3.30. The molecule has 5 rings (SSSR count). The van der Waals surface area contributed by atoms with Gasteiger partial charge in [0.05, 0.1) is 10.6 Å². The number of thiophene rings is 1. The van der Waals surface area contributed by atoms with Crippen LogP contribution in [-0.4, -0.2) is 17.8 Å². The zero-order valence-corrected chi connectivity index (χ0v) is 22.9. The molecule has 0 N–H and O–H groups in total. The second-order valence-electron chi connectivity index (χ2n) is 7.30. The molecule has 1 aromatic heterocycles. The third kappa shape index (κ3) is 5.08. The van der Waals surface area contributed by atoms with Crippen LogP contribution in [-0.2, 0) is 9.53 Å². The summed E-state index contributed by atoms with van der Waals surface area (Å²) in [5.74, 6) is -0.824. The maximum absolute atomic E-state index is 12.6. The van der Waals surface area contributed by atoms with Gasteiger partial charge in [-0.15, -0.1) is 11.3 Å². The predicted molar refractivity (Wildman–Crippen MR) is 146 cm³/mol. The molecule has 0 fully saturated rings. The van der Waals surface area contributed by atoms with Gasteiger partial charge in [0.1, 0.15) is 10.6 Å². The van der Waals surface area contributed by atoms with Gasteiger partial charge in [-0.2, -0.15) is 0 Å². The summed E-state index contributed by atoms with van der Waals surface area (Å²) in [7, 11) is 0. The number of esters is 2. The number of benzene rings is 3. The van der Waals surface area contributed by atoms with Gasteiger partial charge in [-0.05, 0) is 60.7 Å². The first kappa shape index (κ1) is 24.2. The summed E-state index contributed by atoms with van der Waals surface area (Å²) >= 11 is 20.7. The number of hydrogen-bond acceptors (Lipinski definition) is 6. The molecule has 0 bridgehead atoms. The molecule has 4 aromatic rings. The maximum atomic E-state index is 12.6. The average molecular weight is 652 g/mol. The molecule has 2 heterocycles. The summed E-state index contributed by atoms with van der Waals surface area (Å²) in [6.45, 7) is 0. The summed E-state index contributed by atoms with van der Waals surface area (Å²) in [5.41, 5.74) is 0.851. The van der Waals surface area contributed by atoms with Crippen LogP contribution in [0.15, 0.2) is 80.3 Å². The minimum Gasteiger partial charge on any atom is -0.422 e. The largest absolute Gasteiger partial charge is 0.422 e. The Balaban J connectivity index is 1.49. The van der Waals surface area contributed by atoms with Gasteiger partial charge >= 0.3 is 11.9 Å². The Morgan fingerprint density at radius 2 is 1.71 bits per heavy atom. The number of nitrogens with zero attached hydrogens (tertiary/aromatic N) is 1. The molecule has 35 heavy (non-hydrogen) atoms. The quantitative estimate of drug-likeness (QED) is 0.127. The first-order valence-electron chi connectivity index (χ1n) is 9.96. The maximum Gasteiger partial charge on any atom is 0.363 e. The van der Waals surface area contributed by atoms with Crippen molar-refractivity contribution in [2.24, 2.45) is 4.99 Å². The number of aliphatic imine (C=N–C) groups is 1. The molecule has 0 aliphatic carbocycles. The molecule has 0 atom stereocenters. The lowest BCUT2D eigenvalue weighted by Gasteiger charge is -2.08. The zero-order chi connectivity index (χ0) is 24.7.